The highest BCUT2D eigenvalue weighted by atomic mass is 19.3. The highest BCUT2D eigenvalue weighted by Crippen LogP contribution is 2.24. The molecule has 1 fully saturated rings. The van der Waals surface area contributed by atoms with E-state index in [-0.39, 0.29) is 30.8 Å². The average molecular weight is 286 g/mol. The number of hydrogen-bond donors (Lipinski definition) is 0. The van der Waals surface area contributed by atoms with Gasteiger partial charge < -0.3 is 9.69 Å². The number of carbonyl (C=O) groups is 2. The first-order valence-corrected chi connectivity index (χ1v) is 6.58. The van der Waals surface area contributed by atoms with Crippen LogP contribution in [0, 0.1) is 0 Å². The van der Waals surface area contributed by atoms with Crippen molar-refractivity contribution in [2.45, 2.75) is 38.2 Å². The Morgan fingerprint density at radius 2 is 2.25 bits per heavy atom. The Morgan fingerprint density at radius 3 is 2.80 bits per heavy atom. The van der Waals surface area contributed by atoms with Crippen molar-refractivity contribution < 1.29 is 19.7 Å². The second kappa shape index (κ2) is 6.58. The van der Waals surface area contributed by atoms with Gasteiger partial charge in [0.25, 0.3) is 6.43 Å². The summed E-state index contributed by atoms with van der Waals surface area (Å²) in [6, 6.07) is -0.328. The van der Waals surface area contributed by atoms with Crippen LogP contribution in [0.2, 0.25) is 0 Å². The van der Waals surface area contributed by atoms with E-state index in [1.165, 1.54) is 10.9 Å². The van der Waals surface area contributed by atoms with Crippen LogP contribution < -0.4 is 0 Å². The van der Waals surface area contributed by atoms with Crippen LogP contribution >= 0.6 is 0 Å². The molecule has 2 heterocycles. The van der Waals surface area contributed by atoms with Crippen LogP contribution in [-0.2, 0) is 9.59 Å². The number of likely N-dealkylation sites (tertiary alicyclic amines) is 1. The number of amides is 1. The normalized spacial score (nSPS) is 17.4. The Labute approximate surface area is 117 Å². The summed E-state index contributed by atoms with van der Waals surface area (Å²) in [5.74, 6) is -0.0598. The summed E-state index contributed by atoms with van der Waals surface area (Å²) in [5.41, 5.74) is -0.500. The molecule has 5 nitrogen and oxygen atoms in total. The molecule has 1 aliphatic heterocycles. The van der Waals surface area contributed by atoms with Gasteiger partial charge >= 0.3 is 0 Å². The number of aldehydes is 1. The summed E-state index contributed by atoms with van der Waals surface area (Å²) < 4.78 is 34.1. The zero-order valence-electron chi connectivity index (χ0n) is 12.0. The van der Waals surface area contributed by atoms with Crippen molar-refractivity contribution in [2.75, 3.05) is 13.1 Å². The number of piperidine rings is 1. The zero-order chi connectivity index (χ0) is 15.4. The monoisotopic (exact) mass is 286 g/mol. The maximum absolute atomic E-state index is 12.6. The van der Waals surface area contributed by atoms with Crippen molar-refractivity contribution in [3.63, 3.8) is 0 Å². The number of halogens is 2. The van der Waals surface area contributed by atoms with Gasteiger partial charge in [0, 0.05) is 32.1 Å². The summed E-state index contributed by atoms with van der Waals surface area (Å²) in [4.78, 5) is 23.7. The molecule has 110 valence electrons. The summed E-state index contributed by atoms with van der Waals surface area (Å²) in [6.45, 7) is 1.03. The number of aromatic nitrogens is 2. The lowest BCUT2D eigenvalue weighted by Gasteiger charge is -2.32. The fourth-order valence-corrected chi connectivity index (χ4v) is 2.33. The summed E-state index contributed by atoms with van der Waals surface area (Å²) in [7, 11) is 0. The number of rotatable bonds is 5. The van der Waals surface area contributed by atoms with Gasteiger partial charge in [0.15, 0.2) is 0 Å². The summed E-state index contributed by atoms with van der Waals surface area (Å²) in [5, 5.41) is 3.78. The quantitative estimate of drug-likeness (QED) is 0.778. The van der Waals surface area contributed by atoms with Crippen LogP contribution in [0.1, 0.15) is 45.2 Å². The van der Waals surface area contributed by atoms with E-state index in [0.717, 1.165) is 6.29 Å². The molecule has 2 rings (SSSR count). The molecule has 0 aliphatic carbocycles. The van der Waals surface area contributed by atoms with Crippen molar-refractivity contribution in [3.05, 3.63) is 17.9 Å². The Kier molecular flexibility index (Phi) is 4.35. The van der Waals surface area contributed by atoms with Gasteiger partial charge in [0.05, 0.1) is 7.41 Å². The number of nitrogens with zero attached hydrogens (tertiary/aromatic N) is 3. The predicted octanol–water partition coefficient (Wildman–Crippen LogP) is 1.96. The average Bonchev–Trinajstić information content (AvgIpc) is 2.87. The largest absolute Gasteiger partial charge is 0.343 e. The maximum atomic E-state index is 12.6. The van der Waals surface area contributed by atoms with Crippen LogP contribution in [-0.4, -0.2) is 40.0 Å². The molecule has 1 aliphatic rings. The minimum atomic E-state index is -2.75. The molecule has 0 saturated carbocycles. The van der Waals surface area contributed by atoms with Crippen molar-refractivity contribution >= 4 is 12.2 Å². The standard InChI is InChI=1S/C13H17F2N3O2/c14-13(15)11-5-8-18(16-11)10-3-6-17(7-4-10)12(20)2-1-9-19/h5,8-10,13H,1-4,6-7H2/i5D. The van der Waals surface area contributed by atoms with Gasteiger partial charge in [0.2, 0.25) is 5.91 Å². The molecule has 0 bridgehead atoms. The molecule has 1 aromatic heterocycles. The number of alkyl halides is 2. The van der Waals surface area contributed by atoms with Gasteiger partial charge in [-0.2, -0.15) is 5.10 Å². The van der Waals surface area contributed by atoms with Crippen molar-refractivity contribution in [1.82, 2.24) is 14.7 Å². The van der Waals surface area contributed by atoms with E-state index in [4.69, 9.17) is 1.37 Å². The fourth-order valence-electron chi connectivity index (χ4n) is 2.33. The second-order valence-corrected chi connectivity index (χ2v) is 4.76. The second-order valence-electron chi connectivity index (χ2n) is 4.76. The molecular weight excluding hydrogens is 268 g/mol. The Morgan fingerprint density at radius 1 is 1.55 bits per heavy atom. The van der Waals surface area contributed by atoms with Crippen LogP contribution in [0.3, 0.4) is 0 Å². The highest BCUT2D eigenvalue weighted by Gasteiger charge is 2.24. The molecule has 1 saturated heterocycles. The summed E-state index contributed by atoms with van der Waals surface area (Å²) >= 11 is 0. The van der Waals surface area contributed by atoms with Crippen molar-refractivity contribution in [2.24, 2.45) is 0 Å². The molecule has 1 amide bonds. The number of carbonyl (C=O) groups excluding carboxylic acids is 2. The third-order valence-electron chi connectivity index (χ3n) is 3.44. The lowest BCUT2D eigenvalue weighted by molar-refractivity contribution is -0.133. The van der Waals surface area contributed by atoms with Gasteiger partial charge in [-0.15, -0.1) is 0 Å². The van der Waals surface area contributed by atoms with Gasteiger partial charge in [-0.1, -0.05) is 0 Å². The van der Waals surface area contributed by atoms with E-state index in [1.54, 1.807) is 4.90 Å². The third kappa shape index (κ3) is 3.40. The van der Waals surface area contributed by atoms with Crippen LogP contribution in [0.5, 0.6) is 0 Å². The first kappa shape index (κ1) is 13.2. The summed E-state index contributed by atoms with van der Waals surface area (Å²) in [6.07, 6.45) is 0.934. The molecule has 1 aromatic rings. The first-order chi connectivity index (χ1) is 10.0. The van der Waals surface area contributed by atoms with E-state index < -0.39 is 12.1 Å². The predicted molar refractivity (Wildman–Crippen MR) is 67.3 cm³/mol. The Bertz CT molecular complexity index is 514. The van der Waals surface area contributed by atoms with Crippen molar-refractivity contribution in [3.8, 4) is 0 Å². The topological polar surface area (TPSA) is 55.2 Å². The van der Waals surface area contributed by atoms with Crippen LogP contribution in [0.25, 0.3) is 0 Å². The SMILES string of the molecule is [2H]c1cn(C2CCN(C(=O)CCC=O)CC2)nc1C(F)F. The van der Waals surface area contributed by atoms with Crippen molar-refractivity contribution in [1.29, 1.82) is 0 Å². The highest BCUT2D eigenvalue weighted by molar-refractivity contribution is 5.78. The Balaban J connectivity index is 1.93. The number of hydrogen-bond acceptors (Lipinski definition) is 3. The van der Waals surface area contributed by atoms with E-state index in [9.17, 15) is 18.4 Å². The smallest absolute Gasteiger partial charge is 0.282 e. The van der Waals surface area contributed by atoms with Gasteiger partial charge in [-0.3, -0.25) is 9.48 Å². The third-order valence-corrected chi connectivity index (χ3v) is 3.44. The molecule has 0 atom stereocenters. The van der Waals surface area contributed by atoms with Crippen LogP contribution in [0.4, 0.5) is 8.78 Å². The minimum Gasteiger partial charge on any atom is -0.343 e. The van der Waals surface area contributed by atoms with Gasteiger partial charge in [-0.05, 0) is 18.9 Å². The Hall–Kier alpha value is -1.79. The maximum Gasteiger partial charge on any atom is 0.282 e. The molecule has 0 spiro atoms. The van der Waals surface area contributed by atoms with Gasteiger partial charge in [0.1, 0.15) is 12.0 Å². The molecule has 0 radical (unpaired) electrons. The lowest BCUT2D eigenvalue weighted by Crippen LogP contribution is -2.39. The van der Waals surface area contributed by atoms with Crippen LogP contribution in [0.15, 0.2) is 12.2 Å². The minimum absolute atomic E-state index is 0.0598. The fraction of sp³-hybridized carbons (Fsp3) is 0.615. The molecular formula is C13H17F2N3O2. The molecule has 0 unspecified atom stereocenters. The van der Waals surface area contributed by atoms with Gasteiger partial charge in [-0.25, -0.2) is 8.78 Å². The molecule has 0 N–H and O–H groups in total. The molecule has 7 heteroatoms. The van der Waals surface area contributed by atoms with E-state index in [0.29, 0.717) is 25.9 Å². The van der Waals surface area contributed by atoms with E-state index in [2.05, 4.69) is 5.10 Å². The first-order valence-electron chi connectivity index (χ1n) is 7.08. The molecule has 0 aromatic carbocycles. The van der Waals surface area contributed by atoms with E-state index in [1.807, 2.05) is 0 Å². The van der Waals surface area contributed by atoms with E-state index >= 15 is 0 Å². The lowest BCUT2D eigenvalue weighted by atomic mass is 10.0. The zero-order valence-corrected chi connectivity index (χ0v) is 11.0. The molecule has 20 heavy (non-hydrogen) atoms.